The van der Waals surface area contributed by atoms with Crippen LogP contribution in [0.4, 0.5) is 5.69 Å². The Morgan fingerprint density at radius 2 is 1.96 bits per heavy atom. The van der Waals surface area contributed by atoms with E-state index in [0.29, 0.717) is 22.2 Å². The van der Waals surface area contributed by atoms with Gasteiger partial charge in [0.05, 0.1) is 25.1 Å². The third kappa shape index (κ3) is 3.85. The normalized spacial score (nSPS) is 16.4. The van der Waals surface area contributed by atoms with Gasteiger partial charge in [-0.2, -0.15) is 0 Å². The van der Waals surface area contributed by atoms with Gasteiger partial charge >= 0.3 is 0 Å². The quantitative estimate of drug-likeness (QED) is 0.310. The zero-order chi connectivity index (χ0) is 19.6. The number of ether oxygens (including phenoxy) is 1. The molecule has 0 bridgehead atoms. The summed E-state index contributed by atoms with van der Waals surface area (Å²) in [4.78, 5) is 6.33. The number of aliphatic imine (C=N–C) groups is 1. The summed E-state index contributed by atoms with van der Waals surface area (Å²) >= 11 is 9.87. The third-order valence-electron chi connectivity index (χ3n) is 4.23. The zero-order valence-electron chi connectivity index (χ0n) is 14.9. The number of benzene rings is 2. The van der Waals surface area contributed by atoms with Crippen LogP contribution in [-0.4, -0.2) is 37.1 Å². The molecule has 8 heteroatoms. The average Bonchev–Trinajstić information content (AvgIpc) is 2.77. The predicted molar refractivity (Wildman–Crippen MR) is 112 cm³/mol. The van der Waals surface area contributed by atoms with Gasteiger partial charge in [-0.05, 0) is 50.2 Å². The highest BCUT2D eigenvalue weighted by Crippen LogP contribution is 2.32. The van der Waals surface area contributed by atoms with Crippen molar-refractivity contribution in [2.45, 2.75) is 13.0 Å². The molecule has 2 aromatic carbocycles. The summed E-state index contributed by atoms with van der Waals surface area (Å²) in [6.45, 7) is 1.74. The van der Waals surface area contributed by atoms with E-state index >= 15 is 0 Å². The van der Waals surface area contributed by atoms with Crippen molar-refractivity contribution in [2.75, 3.05) is 18.6 Å². The summed E-state index contributed by atoms with van der Waals surface area (Å²) in [5.74, 6) is 1.02. The molecule has 0 aromatic heterocycles. The maximum Gasteiger partial charge on any atom is 0.134 e. The average molecular weight is 403 g/mol. The second kappa shape index (κ2) is 8.12. The molecular formula is C19H19ClN4O2S. The Morgan fingerprint density at radius 3 is 2.56 bits per heavy atom. The van der Waals surface area contributed by atoms with Crippen LogP contribution in [0.15, 0.2) is 47.5 Å². The number of anilines is 1. The third-order valence-corrected chi connectivity index (χ3v) is 4.63. The molecule has 2 aromatic rings. The molecule has 0 radical (unpaired) electrons. The number of methoxy groups -OCH3 is 1. The SMILES string of the molecule is COc1ccc2c(c1)C(c1ccc(Cl)cc1)=N[C@@H](COS)C(=N)N2C(C)=N. The molecule has 1 heterocycles. The maximum absolute atomic E-state index is 8.60. The van der Waals surface area contributed by atoms with Gasteiger partial charge < -0.3 is 8.92 Å². The van der Waals surface area contributed by atoms with Crippen LogP contribution in [0.25, 0.3) is 0 Å². The fourth-order valence-corrected chi connectivity index (χ4v) is 3.25. The Hall–Kier alpha value is -2.35. The highest BCUT2D eigenvalue weighted by Gasteiger charge is 2.31. The first-order valence-corrected chi connectivity index (χ1v) is 8.92. The standard InChI is InChI=1S/C19H19ClN4O2S/c1-11(21)24-17-8-7-14(25-2)9-15(17)18(12-3-5-13(20)6-4-12)23-16(10-26-27)19(24)22/h3-9,16,21-22,27H,10H2,1-2H3/t16-/m0/s1. The minimum atomic E-state index is -0.619. The van der Waals surface area contributed by atoms with E-state index in [0.717, 1.165) is 11.1 Å². The molecule has 0 saturated carbocycles. The second-order valence-corrected chi connectivity index (χ2v) is 6.68. The first-order valence-electron chi connectivity index (χ1n) is 8.18. The van der Waals surface area contributed by atoms with Crippen LogP contribution in [0, 0.1) is 10.8 Å². The predicted octanol–water partition coefficient (Wildman–Crippen LogP) is 4.21. The number of thiol groups is 1. The lowest BCUT2D eigenvalue weighted by atomic mass is 9.99. The number of rotatable bonds is 4. The lowest BCUT2D eigenvalue weighted by Crippen LogP contribution is -2.41. The molecule has 1 aliphatic heterocycles. The molecule has 0 fully saturated rings. The number of fused-ring (bicyclic) bond motifs is 1. The van der Waals surface area contributed by atoms with Gasteiger partial charge in [-0.1, -0.05) is 23.7 Å². The highest BCUT2D eigenvalue weighted by molar-refractivity contribution is 7.75. The van der Waals surface area contributed by atoms with Gasteiger partial charge in [0.15, 0.2) is 0 Å². The van der Waals surface area contributed by atoms with Gasteiger partial charge in [-0.25, -0.2) is 0 Å². The van der Waals surface area contributed by atoms with E-state index in [1.807, 2.05) is 24.3 Å². The van der Waals surface area contributed by atoms with E-state index in [9.17, 15) is 0 Å². The molecular weight excluding hydrogens is 384 g/mol. The summed E-state index contributed by atoms with van der Waals surface area (Å²) in [7, 11) is 1.59. The van der Waals surface area contributed by atoms with Crippen LogP contribution < -0.4 is 9.64 Å². The number of nitrogens with zero attached hydrogens (tertiary/aromatic N) is 2. The van der Waals surface area contributed by atoms with Crippen molar-refractivity contribution in [3.05, 3.63) is 58.6 Å². The van der Waals surface area contributed by atoms with Crippen molar-refractivity contribution in [3.8, 4) is 5.75 Å². The number of amidine groups is 2. The summed E-state index contributed by atoms with van der Waals surface area (Å²) < 4.78 is 10.4. The van der Waals surface area contributed by atoms with Gasteiger partial charge in [-0.15, -0.1) is 0 Å². The fraction of sp³-hybridized carbons (Fsp3) is 0.211. The van der Waals surface area contributed by atoms with Crippen molar-refractivity contribution in [2.24, 2.45) is 4.99 Å². The number of nitrogens with one attached hydrogen (secondary N) is 2. The monoisotopic (exact) mass is 402 g/mol. The lowest BCUT2D eigenvalue weighted by Gasteiger charge is -2.26. The van der Waals surface area contributed by atoms with Gasteiger partial charge in [0.1, 0.15) is 23.5 Å². The van der Waals surface area contributed by atoms with E-state index < -0.39 is 6.04 Å². The van der Waals surface area contributed by atoms with Crippen LogP contribution in [0.5, 0.6) is 5.75 Å². The molecule has 0 spiro atoms. The molecule has 0 unspecified atom stereocenters. The van der Waals surface area contributed by atoms with E-state index in [2.05, 4.69) is 12.9 Å². The topological polar surface area (TPSA) is 81.8 Å². The molecule has 1 atom stereocenters. The number of hydrogen-bond donors (Lipinski definition) is 3. The van der Waals surface area contributed by atoms with E-state index in [1.165, 1.54) is 0 Å². The number of hydrogen-bond acceptors (Lipinski definition) is 6. The Labute approximate surface area is 168 Å². The Balaban J connectivity index is 2.28. The van der Waals surface area contributed by atoms with E-state index in [1.54, 1.807) is 37.1 Å². The van der Waals surface area contributed by atoms with Gasteiger partial charge in [0, 0.05) is 16.1 Å². The van der Waals surface area contributed by atoms with Crippen LogP contribution in [0.1, 0.15) is 18.1 Å². The molecule has 3 rings (SSSR count). The molecule has 0 aliphatic carbocycles. The van der Waals surface area contributed by atoms with Gasteiger partial charge in [-0.3, -0.25) is 20.7 Å². The Kier molecular flexibility index (Phi) is 5.84. The van der Waals surface area contributed by atoms with Gasteiger partial charge in [0.2, 0.25) is 0 Å². The fourth-order valence-electron chi connectivity index (χ4n) is 2.98. The molecule has 1 aliphatic rings. The van der Waals surface area contributed by atoms with Crippen molar-refractivity contribution in [1.82, 2.24) is 0 Å². The Morgan fingerprint density at radius 1 is 1.26 bits per heavy atom. The minimum absolute atomic E-state index is 0.105. The molecule has 0 amide bonds. The summed E-state index contributed by atoms with van der Waals surface area (Å²) in [6, 6.07) is 12.2. The lowest BCUT2D eigenvalue weighted by molar-refractivity contribution is 0.374. The maximum atomic E-state index is 8.60. The molecule has 2 N–H and O–H groups in total. The largest absolute Gasteiger partial charge is 0.497 e. The second-order valence-electron chi connectivity index (χ2n) is 5.99. The van der Waals surface area contributed by atoms with Crippen LogP contribution in [0.2, 0.25) is 5.02 Å². The number of halogens is 1. The first kappa shape index (κ1) is 19.4. The van der Waals surface area contributed by atoms with Crippen LogP contribution in [0.3, 0.4) is 0 Å². The zero-order valence-corrected chi connectivity index (χ0v) is 16.5. The van der Waals surface area contributed by atoms with Crippen molar-refractivity contribution >= 4 is 47.6 Å². The highest BCUT2D eigenvalue weighted by atomic mass is 35.5. The molecule has 140 valence electrons. The van der Waals surface area contributed by atoms with Crippen molar-refractivity contribution < 1.29 is 8.92 Å². The summed E-state index contributed by atoms with van der Waals surface area (Å²) in [6.07, 6.45) is 0. The minimum Gasteiger partial charge on any atom is -0.497 e. The van der Waals surface area contributed by atoms with E-state index in [4.69, 9.17) is 36.3 Å². The molecule has 6 nitrogen and oxygen atoms in total. The molecule has 0 saturated heterocycles. The number of benzodiazepines with no additional fused rings is 1. The van der Waals surface area contributed by atoms with Crippen LogP contribution in [-0.2, 0) is 4.18 Å². The molecule has 27 heavy (non-hydrogen) atoms. The smallest absolute Gasteiger partial charge is 0.134 e. The van der Waals surface area contributed by atoms with Gasteiger partial charge in [0.25, 0.3) is 0 Å². The first-order chi connectivity index (χ1) is 13.0. The summed E-state index contributed by atoms with van der Waals surface area (Å²) in [5.41, 5.74) is 2.96. The van der Waals surface area contributed by atoms with Crippen molar-refractivity contribution in [3.63, 3.8) is 0 Å². The Bertz CT molecular complexity index is 914. The summed E-state index contributed by atoms with van der Waals surface area (Å²) in [5, 5.41) is 17.4. The van der Waals surface area contributed by atoms with Crippen LogP contribution >= 0.6 is 24.5 Å². The van der Waals surface area contributed by atoms with E-state index in [-0.39, 0.29) is 18.3 Å². The van der Waals surface area contributed by atoms with Crippen molar-refractivity contribution in [1.29, 1.82) is 10.8 Å².